The predicted molar refractivity (Wildman–Crippen MR) is 128 cm³/mol. The average molecular weight is 467 g/mol. The summed E-state index contributed by atoms with van der Waals surface area (Å²) in [6, 6.07) is 22.0. The summed E-state index contributed by atoms with van der Waals surface area (Å²) in [6.07, 6.45) is 1.27. The van der Waals surface area contributed by atoms with Gasteiger partial charge < -0.3 is 4.74 Å². The van der Waals surface area contributed by atoms with Crippen LogP contribution in [0.25, 0.3) is 5.57 Å². The van der Waals surface area contributed by atoms with Gasteiger partial charge in [0, 0.05) is 12.1 Å². The Bertz CT molecular complexity index is 1240. The second-order valence-electron chi connectivity index (χ2n) is 7.52. The van der Waals surface area contributed by atoms with E-state index in [1.54, 1.807) is 55.7 Å². The van der Waals surface area contributed by atoms with Crippen LogP contribution in [0.5, 0.6) is 5.75 Å². The van der Waals surface area contributed by atoms with E-state index in [1.807, 2.05) is 30.3 Å². The highest BCUT2D eigenvalue weighted by Gasteiger charge is 2.28. The molecular formula is C25H26N2O5S. The van der Waals surface area contributed by atoms with Crippen molar-refractivity contribution in [2.75, 3.05) is 11.4 Å². The molecule has 7 nitrogen and oxygen atoms in total. The van der Waals surface area contributed by atoms with Crippen molar-refractivity contribution in [1.82, 2.24) is 5.48 Å². The van der Waals surface area contributed by atoms with Gasteiger partial charge in [0.2, 0.25) is 0 Å². The molecule has 1 amide bonds. The second-order valence-corrected chi connectivity index (χ2v) is 9.34. The van der Waals surface area contributed by atoms with Crippen molar-refractivity contribution in [1.29, 1.82) is 0 Å². The number of sulfonamides is 1. The van der Waals surface area contributed by atoms with Gasteiger partial charge in [-0.25, -0.2) is 13.9 Å². The van der Waals surface area contributed by atoms with Gasteiger partial charge in [0.25, 0.3) is 15.9 Å². The zero-order valence-electron chi connectivity index (χ0n) is 18.6. The second kappa shape index (κ2) is 10.3. The van der Waals surface area contributed by atoms with Crippen LogP contribution in [-0.2, 0) is 14.8 Å². The van der Waals surface area contributed by atoms with Gasteiger partial charge in [-0.15, -0.1) is 0 Å². The lowest BCUT2D eigenvalue weighted by Gasteiger charge is -2.29. The van der Waals surface area contributed by atoms with Crippen LogP contribution in [0.2, 0.25) is 0 Å². The quantitative estimate of drug-likeness (QED) is 0.294. The SMILES string of the molecule is COc1ccc(S(=O)(=O)N(c2cccc(C(=CC(=O)NO)c3ccccc3)c2)C(C)C)cc1. The van der Waals surface area contributed by atoms with Gasteiger partial charge in [-0.3, -0.25) is 14.3 Å². The zero-order chi connectivity index (χ0) is 24.0. The molecule has 0 unspecified atom stereocenters. The van der Waals surface area contributed by atoms with E-state index in [4.69, 9.17) is 9.94 Å². The fraction of sp³-hybridized carbons (Fsp3) is 0.160. The third kappa shape index (κ3) is 5.42. The largest absolute Gasteiger partial charge is 0.497 e. The first kappa shape index (κ1) is 24.0. The molecule has 3 aromatic rings. The molecule has 0 aromatic heterocycles. The molecule has 3 aromatic carbocycles. The zero-order valence-corrected chi connectivity index (χ0v) is 19.4. The predicted octanol–water partition coefficient (Wildman–Crippen LogP) is 4.24. The Morgan fingerprint density at radius 2 is 1.61 bits per heavy atom. The lowest BCUT2D eigenvalue weighted by molar-refractivity contribution is -0.124. The van der Waals surface area contributed by atoms with Crippen LogP contribution >= 0.6 is 0 Å². The van der Waals surface area contributed by atoms with Crippen LogP contribution in [0.15, 0.2) is 89.8 Å². The van der Waals surface area contributed by atoms with Gasteiger partial charge in [-0.1, -0.05) is 42.5 Å². The van der Waals surface area contributed by atoms with Crippen molar-refractivity contribution in [2.24, 2.45) is 0 Å². The lowest BCUT2D eigenvalue weighted by Crippen LogP contribution is -2.37. The molecule has 8 heteroatoms. The highest BCUT2D eigenvalue weighted by atomic mass is 32.2. The molecule has 0 aliphatic heterocycles. The fourth-order valence-electron chi connectivity index (χ4n) is 3.50. The first-order valence-electron chi connectivity index (χ1n) is 10.3. The fourth-order valence-corrected chi connectivity index (χ4v) is 5.15. The molecule has 0 fully saturated rings. The molecule has 0 atom stereocenters. The summed E-state index contributed by atoms with van der Waals surface area (Å²) < 4.78 is 33.5. The number of anilines is 1. The number of carbonyl (C=O) groups is 1. The minimum absolute atomic E-state index is 0.140. The van der Waals surface area contributed by atoms with Crippen LogP contribution in [0.3, 0.4) is 0 Å². The molecule has 0 radical (unpaired) electrons. The monoisotopic (exact) mass is 466 g/mol. The van der Waals surface area contributed by atoms with Crippen LogP contribution in [0.1, 0.15) is 25.0 Å². The summed E-state index contributed by atoms with van der Waals surface area (Å²) in [5.41, 5.74) is 3.97. The van der Waals surface area contributed by atoms with Crippen LogP contribution < -0.4 is 14.5 Å². The first-order chi connectivity index (χ1) is 15.8. The van der Waals surface area contributed by atoms with Crippen molar-refractivity contribution in [3.63, 3.8) is 0 Å². The lowest BCUT2D eigenvalue weighted by atomic mass is 9.97. The van der Waals surface area contributed by atoms with E-state index < -0.39 is 15.9 Å². The number of amides is 1. The molecule has 0 heterocycles. The Balaban J connectivity index is 2.11. The topological polar surface area (TPSA) is 95.9 Å². The molecule has 0 spiro atoms. The first-order valence-corrected chi connectivity index (χ1v) is 11.7. The maximum absolute atomic E-state index is 13.5. The molecular weight excluding hydrogens is 440 g/mol. The molecule has 0 bridgehead atoms. The number of hydrogen-bond acceptors (Lipinski definition) is 5. The minimum Gasteiger partial charge on any atom is -0.497 e. The van der Waals surface area contributed by atoms with E-state index in [0.717, 1.165) is 5.56 Å². The number of benzene rings is 3. The normalized spacial score (nSPS) is 11.8. The summed E-state index contributed by atoms with van der Waals surface area (Å²) in [5, 5.41) is 9.02. The summed E-state index contributed by atoms with van der Waals surface area (Å²) in [4.78, 5) is 12.1. The maximum Gasteiger partial charge on any atom is 0.267 e. The molecule has 0 aliphatic carbocycles. The number of hydroxylamine groups is 1. The Kier molecular flexibility index (Phi) is 7.52. The van der Waals surface area contributed by atoms with Gasteiger partial charge in [0.15, 0.2) is 0 Å². The third-order valence-corrected chi connectivity index (χ3v) is 6.99. The van der Waals surface area contributed by atoms with E-state index in [2.05, 4.69) is 0 Å². The molecule has 0 saturated heterocycles. The van der Waals surface area contributed by atoms with Crippen molar-refractivity contribution < 1.29 is 23.2 Å². The van der Waals surface area contributed by atoms with Gasteiger partial charge in [-0.05, 0) is 66.9 Å². The number of nitrogens with zero attached hydrogens (tertiary/aromatic N) is 1. The summed E-state index contributed by atoms with van der Waals surface area (Å²) in [6.45, 7) is 3.59. The van der Waals surface area contributed by atoms with Crippen LogP contribution in [0, 0.1) is 0 Å². The Labute approximate surface area is 194 Å². The summed E-state index contributed by atoms with van der Waals surface area (Å²) >= 11 is 0. The Hall–Kier alpha value is -3.62. The van der Waals surface area contributed by atoms with Crippen molar-refractivity contribution >= 4 is 27.2 Å². The molecule has 172 valence electrons. The molecule has 0 aliphatic rings. The van der Waals surface area contributed by atoms with E-state index in [9.17, 15) is 13.2 Å². The van der Waals surface area contributed by atoms with Gasteiger partial charge in [0.05, 0.1) is 17.7 Å². The van der Waals surface area contributed by atoms with Gasteiger partial charge in [0.1, 0.15) is 5.75 Å². The third-order valence-electron chi connectivity index (χ3n) is 4.97. The summed E-state index contributed by atoms with van der Waals surface area (Å²) in [7, 11) is -2.36. The minimum atomic E-state index is -3.87. The highest BCUT2D eigenvalue weighted by molar-refractivity contribution is 7.92. The van der Waals surface area contributed by atoms with Crippen LogP contribution in [-0.4, -0.2) is 32.7 Å². The van der Waals surface area contributed by atoms with Gasteiger partial charge >= 0.3 is 0 Å². The Morgan fingerprint density at radius 1 is 0.970 bits per heavy atom. The van der Waals surface area contributed by atoms with E-state index >= 15 is 0 Å². The van der Waals surface area contributed by atoms with Crippen molar-refractivity contribution in [3.8, 4) is 5.75 Å². The number of rotatable bonds is 8. The number of hydrogen-bond donors (Lipinski definition) is 2. The number of ether oxygens (including phenoxy) is 1. The van der Waals surface area contributed by atoms with E-state index in [-0.39, 0.29) is 10.9 Å². The molecule has 0 saturated carbocycles. The van der Waals surface area contributed by atoms with Crippen molar-refractivity contribution in [3.05, 3.63) is 96.1 Å². The number of nitrogens with one attached hydrogen (secondary N) is 1. The van der Waals surface area contributed by atoms with Crippen molar-refractivity contribution in [2.45, 2.75) is 24.8 Å². The smallest absolute Gasteiger partial charge is 0.267 e. The number of methoxy groups -OCH3 is 1. The highest BCUT2D eigenvalue weighted by Crippen LogP contribution is 2.31. The Morgan fingerprint density at radius 3 is 2.18 bits per heavy atom. The van der Waals surface area contributed by atoms with E-state index in [1.165, 1.54) is 29.6 Å². The van der Waals surface area contributed by atoms with Crippen LogP contribution in [0.4, 0.5) is 5.69 Å². The number of carbonyl (C=O) groups excluding carboxylic acids is 1. The maximum atomic E-state index is 13.5. The van der Waals surface area contributed by atoms with E-state index in [0.29, 0.717) is 22.6 Å². The molecule has 2 N–H and O–H groups in total. The molecule has 33 heavy (non-hydrogen) atoms. The summed E-state index contributed by atoms with van der Waals surface area (Å²) in [5.74, 6) is -0.127. The average Bonchev–Trinajstić information content (AvgIpc) is 2.82. The molecule has 3 rings (SSSR count). The standard InChI is InChI=1S/C25H26N2O5S/c1-18(2)27(33(30,31)23-14-12-22(32-3)13-15-23)21-11-7-10-20(16-21)24(17-25(28)26-29)19-8-5-4-6-9-19/h4-18,29H,1-3H3,(H,26,28). The van der Waals surface area contributed by atoms with Gasteiger partial charge in [-0.2, -0.15) is 0 Å².